The quantitative estimate of drug-likeness (QED) is 0.499. The van der Waals surface area contributed by atoms with Crippen LogP contribution in [0.2, 0.25) is 0 Å². The van der Waals surface area contributed by atoms with Crippen LogP contribution in [-0.4, -0.2) is 37.7 Å². The minimum Gasteiger partial charge on any atom is -0.465 e. The molecule has 2 aromatic rings. The fraction of sp³-hybridized carbons (Fsp3) is 0.200. The molecule has 3 rings (SSSR count). The van der Waals surface area contributed by atoms with Gasteiger partial charge < -0.3 is 9.64 Å². The molecule has 0 radical (unpaired) electrons. The van der Waals surface area contributed by atoms with E-state index in [1.807, 2.05) is 30.3 Å². The minimum absolute atomic E-state index is 0.0799. The van der Waals surface area contributed by atoms with Crippen LogP contribution in [0, 0.1) is 5.92 Å². The first kappa shape index (κ1) is 18.3. The predicted molar refractivity (Wildman–Crippen MR) is 100 cm³/mol. The summed E-state index contributed by atoms with van der Waals surface area (Å²) in [6, 6.07) is 15.9. The summed E-state index contributed by atoms with van der Waals surface area (Å²) in [7, 11) is 1.32. The molecule has 0 aliphatic carbocycles. The Labute approximate surface area is 156 Å². The van der Waals surface area contributed by atoms with Crippen LogP contribution >= 0.6 is 0 Å². The molecule has 1 atom stereocenters. The highest BCUT2D eigenvalue weighted by Crippen LogP contribution is 2.24. The molecule has 1 N–H and O–H groups in total. The Morgan fingerprint density at radius 3 is 2.52 bits per heavy atom. The number of methoxy groups -OCH3 is 1. The topological polar surface area (TPSA) is 88.1 Å². The van der Waals surface area contributed by atoms with E-state index < -0.39 is 11.9 Å². The third kappa shape index (κ3) is 4.38. The van der Waals surface area contributed by atoms with Crippen molar-refractivity contribution in [2.75, 3.05) is 18.6 Å². The maximum Gasteiger partial charge on any atom is 0.337 e. The first-order valence-corrected chi connectivity index (χ1v) is 8.45. The van der Waals surface area contributed by atoms with Crippen LogP contribution in [0.15, 0.2) is 59.7 Å². The number of ether oxygens (including phenoxy) is 1. The number of benzene rings is 2. The fourth-order valence-electron chi connectivity index (χ4n) is 2.83. The van der Waals surface area contributed by atoms with Gasteiger partial charge in [0.25, 0.3) is 0 Å². The van der Waals surface area contributed by atoms with Gasteiger partial charge in [0.1, 0.15) is 0 Å². The van der Waals surface area contributed by atoms with Gasteiger partial charge in [-0.1, -0.05) is 30.3 Å². The zero-order valence-corrected chi connectivity index (χ0v) is 14.8. The van der Waals surface area contributed by atoms with Gasteiger partial charge in [-0.25, -0.2) is 10.2 Å². The van der Waals surface area contributed by atoms with E-state index in [1.165, 1.54) is 13.3 Å². The van der Waals surface area contributed by atoms with Crippen molar-refractivity contribution in [3.05, 3.63) is 65.7 Å². The van der Waals surface area contributed by atoms with Crippen molar-refractivity contribution in [2.24, 2.45) is 11.0 Å². The lowest BCUT2D eigenvalue weighted by Crippen LogP contribution is -2.30. The summed E-state index contributed by atoms with van der Waals surface area (Å²) in [5, 5.41) is 3.93. The molecule has 27 heavy (non-hydrogen) atoms. The summed E-state index contributed by atoms with van der Waals surface area (Å²) in [5.41, 5.74) is 4.41. The van der Waals surface area contributed by atoms with E-state index >= 15 is 0 Å². The second-order valence-electron chi connectivity index (χ2n) is 6.09. The summed E-state index contributed by atoms with van der Waals surface area (Å²) in [4.78, 5) is 37.4. The maximum atomic E-state index is 12.3. The summed E-state index contributed by atoms with van der Waals surface area (Å²) >= 11 is 0. The number of nitrogens with zero attached hydrogens (tertiary/aromatic N) is 2. The van der Waals surface area contributed by atoms with Gasteiger partial charge in [0.05, 0.1) is 24.8 Å². The van der Waals surface area contributed by atoms with Crippen molar-refractivity contribution in [1.82, 2.24) is 5.43 Å². The van der Waals surface area contributed by atoms with Crippen LogP contribution < -0.4 is 10.3 Å². The fourth-order valence-corrected chi connectivity index (χ4v) is 2.83. The molecule has 1 aliphatic rings. The number of esters is 1. The van der Waals surface area contributed by atoms with Gasteiger partial charge in [-0.3, -0.25) is 9.59 Å². The lowest BCUT2D eigenvalue weighted by atomic mass is 10.1. The predicted octanol–water partition coefficient (Wildman–Crippen LogP) is 1.98. The van der Waals surface area contributed by atoms with Crippen LogP contribution in [0.3, 0.4) is 0 Å². The monoisotopic (exact) mass is 365 g/mol. The number of carbonyl (C=O) groups is 3. The number of para-hydroxylation sites is 1. The maximum absolute atomic E-state index is 12.3. The molecule has 0 spiro atoms. The molecule has 1 heterocycles. The van der Waals surface area contributed by atoms with Gasteiger partial charge in [-0.2, -0.15) is 5.10 Å². The molecular formula is C20H19N3O4. The van der Waals surface area contributed by atoms with Gasteiger partial charge in [0.15, 0.2) is 0 Å². The smallest absolute Gasteiger partial charge is 0.337 e. The van der Waals surface area contributed by atoms with E-state index in [0.717, 1.165) is 11.3 Å². The summed E-state index contributed by atoms with van der Waals surface area (Å²) in [5.74, 6) is -1.25. The molecule has 1 saturated heterocycles. The lowest BCUT2D eigenvalue weighted by Gasteiger charge is -2.16. The van der Waals surface area contributed by atoms with Gasteiger partial charge >= 0.3 is 5.97 Å². The molecule has 2 aromatic carbocycles. The number of nitrogens with one attached hydrogen (secondary N) is 1. The van der Waals surface area contributed by atoms with E-state index in [0.29, 0.717) is 12.1 Å². The Balaban J connectivity index is 1.56. The largest absolute Gasteiger partial charge is 0.465 e. The van der Waals surface area contributed by atoms with Crippen molar-refractivity contribution < 1.29 is 19.1 Å². The van der Waals surface area contributed by atoms with E-state index in [1.54, 1.807) is 29.2 Å². The zero-order valence-electron chi connectivity index (χ0n) is 14.8. The molecule has 0 aromatic heterocycles. The number of hydrogen-bond donors (Lipinski definition) is 1. The van der Waals surface area contributed by atoms with E-state index in [9.17, 15) is 14.4 Å². The number of anilines is 1. The SMILES string of the molecule is COC(=O)c1ccc(/C=N\NC(=O)[C@H]2CC(=O)N(c3ccccc3)C2)cc1. The average molecular weight is 365 g/mol. The van der Waals surface area contributed by atoms with Crippen LogP contribution in [0.5, 0.6) is 0 Å². The standard InChI is InChI=1S/C20H19N3O4/c1-27-20(26)15-9-7-14(8-10-15)12-21-22-19(25)16-11-18(24)23(13-16)17-5-3-2-4-6-17/h2-10,12,16H,11,13H2,1H3,(H,22,25)/b21-12-/t16-/m0/s1. The molecule has 1 aliphatic heterocycles. The number of hydrogen-bond acceptors (Lipinski definition) is 5. The molecule has 0 bridgehead atoms. The first-order valence-electron chi connectivity index (χ1n) is 8.45. The highest BCUT2D eigenvalue weighted by molar-refractivity contribution is 6.00. The number of carbonyl (C=O) groups excluding carboxylic acids is 3. The molecule has 1 fully saturated rings. The molecule has 138 valence electrons. The first-order chi connectivity index (χ1) is 13.1. The van der Waals surface area contributed by atoms with Gasteiger partial charge in [0, 0.05) is 18.7 Å². The van der Waals surface area contributed by atoms with Gasteiger partial charge in [0.2, 0.25) is 11.8 Å². The van der Waals surface area contributed by atoms with Crippen molar-refractivity contribution in [3.63, 3.8) is 0 Å². The van der Waals surface area contributed by atoms with Crippen LogP contribution in [0.4, 0.5) is 5.69 Å². The van der Waals surface area contributed by atoms with Crippen LogP contribution in [-0.2, 0) is 14.3 Å². The Bertz CT molecular complexity index is 863. The van der Waals surface area contributed by atoms with Crippen molar-refractivity contribution in [3.8, 4) is 0 Å². The molecular weight excluding hydrogens is 346 g/mol. The minimum atomic E-state index is -0.448. The Hall–Kier alpha value is -3.48. The third-order valence-electron chi connectivity index (χ3n) is 4.28. The second kappa shape index (κ2) is 8.27. The zero-order chi connectivity index (χ0) is 19.2. The van der Waals surface area contributed by atoms with E-state index in [2.05, 4.69) is 15.3 Å². The Kier molecular flexibility index (Phi) is 5.61. The van der Waals surface area contributed by atoms with Crippen LogP contribution in [0.25, 0.3) is 0 Å². The number of amides is 2. The Morgan fingerprint density at radius 2 is 1.85 bits per heavy atom. The van der Waals surface area contributed by atoms with Crippen molar-refractivity contribution >= 4 is 29.7 Å². The molecule has 7 nitrogen and oxygen atoms in total. The molecule has 0 saturated carbocycles. The number of rotatable bonds is 5. The van der Waals surface area contributed by atoms with Gasteiger partial charge in [-0.05, 0) is 29.8 Å². The van der Waals surface area contributed by atoms with E-state index in [-0.39, 0.29) is 18.2 Å². The van der Waals surface area contributed by atoms with Gasteiger partial charge in [-0.15, -0.1) is 0 Å². The van der Waals surface area contributed by atoms with Crippen molar-refractivity contribution in [1.29, 1.82) is 0 Å². The molecule has 7 heteroatoms. The highest BCUT2D eigenvalue weighted by Gasteiger charge is 2.34. The van der Waals surface area contributed by atoms with Crippen molar-refractivity contribution in [2.45, 2.75) is 6.42 Å². The van der Waals surface area contributed by atoms with E-state index in [4.69, 9.17) is 0 Å². The summed E-state index contributed by atoms with van der Waals surface area (Å²) in [6.45, 7) is 0.331. The van der Waals surface area contributed by atoms with Crippen LogP contribution in [0.1, 0.15) is 22.3 Å². The number of hydrazone groups is 1. The highest BCUT2D eigenvalue weighted by atomic mass is 16.5. The Morgan fingerprint density at radius 1 is 1.15 bits per heavy atom. The average Bonchev–Trinajstić information content (AvgIpc) is 3.10. The summed E-state index contributed by atoms with van der Waals surface area (Å²) < 4.78 is 4.63. The lowest BCUT2D eigenvalue weighted by molar-refractivity contribution is -0.126. The molecule has 0 unspecified atom stereocenters. The molecule has 2 amide bonds. The summed E-state index contributed by atoms with van der Waals surface area (Å²) in [6.07, 6.45) is 1.63. The second-order valence-corrected chi connectivity index (χ2v) is 6.09. The third-order valence-corrected chi connectivity index (χ3v) is 4.28. The normalized spacial score (nSPS) is 16.6.